The Morgan fingerprint density at radius 1 is 1.36 bits per heavy atom. The summed E-state index contributed by atoms with van der Waals surface area (Å²) in [5, 5.41) is 7.01. The number of hydrogen-bond donors (Lipinski definition) is 0. The van der Waals surface area contributed by atoms with Crippen molar-refractivity contribution in [3.8, 4) is 0 Å². The van der Waals surface area contributed by atoms with Crippen molar-refractivity contribution in [1.29, 1.82) is 0 Å². The third-order valence-electron chi connectivity index (χ3n) is 1.88. The Labute approximate surface area is 79.9 Å². The average molecular weight is 207 g/mol. The van der Waals surface area contributed by atoms with E-state index in [-0.39, 0.29) is 18.2 Å². The highest BCUT2D eigenvalue weighted by atomic mass is 19.4. The predicted octanol–water partition coefficient (Wildman–Crippen LogP) is 2.44. The Morgan fingerprint density at radius 3 is 2.29 bits per heavy atom. The molecule has 6 heteroatoms. The summed E-state index contributed by atoms with van der Waals surface area (Å²) in [6, 6.07) is 0. The number of alkyl halides is 3. The smallest absolute Gasteiger partial charge is 0.240 e. The van der Waals surface area contributed by atoms with Crippen LogP contribution in [0.1, 0.15) is 38.1 Å². The van der Waals surface area contributed by atoms with Crippen molar-refractivity contribution in [2.24, 2.45) is 0 Å². The summed E-state index contributed by atoms with van der Waals surface area (Å²) in [4.78, 5) is 0. The van der Waals surface area contributed by atoms with E-state index in [2.05, 4.69) is 10.3 Å². The number of hydrogen-bond acceptors (Lipinski definition) is 2. The van der Waals surface area contributed by atoms with Gasteiger partial charge in [0.25, 0.3) is 0 Å². The van der Waals surface area contributed by atoms with Crippen LogP contribution in [0.25, 0.3) is 0 Å². The maximum atomic E-state index is 12.6. The van der Waals surface area contributed by atoms with Crippen molar-refractivity contribution in [2.75, 3.05) is 0 Å². The molecule has 0 saturated carbocycles. The molecule has 0 aromatic carbocycles. The molecule has 0 bridgehead atoms. The Balaban J connectivity index is 3.27. The molecule has 0 aliphatic heterocycles. The van der Waals surface area contributed by atoms with Gasteiger partial charge in [-0.15, -0.1) is 5.10 Å². The molecular formula is C8H12F3N3. The molecule has 1 aromatic heterocycles. The zero-order chi connectivity index (χ0) is 10.9. The SMILES string of the molecule is CCn1nnc(C(C)C)c1C(F)(F)F. The Hall–Kier alpha value is -1.07. The summed E-state index contributed by atoms with van der Waals surface area (Å²) in [7, 11) is 0. The third-order valence-corrected chi connectivity index (χ3v) is 1.88. The molecule has 1 heterocycles. The fourth-order valence-electron chi connectivity index (χ4n) is 1.23. The van der Waals surface area contributed by atoms with Crippen LogP contribution in [0, 0.1) is 0 Å². The van der Waals surface area contributed by atoms with Gasteiger partial charge in [-0.05, 0) is 12.8 Å². The van der Waals surface area contributed by atoms with Crippen LogP contribution < -0.4 is 0 Å². The lowest BCUT2D eigenvalue weighted by atomic mass is 10.1. The van der Waals surface area contributed by atoms with Gasteiger partial charge in [0.2, 0.25) is 0 Å². The van der Waals surface area contributed by atoms with E-state index in [1.807, 2.05) is 0 Å². The molecule has 1 rings (SSSR count). The van der Waals surface area contributed by atoms with Gasteiger partial charge in [0.05, 0.1) is 5.69 Å². The van der Waals surface area contributed by atoms with E-state index < -0.39 is 11.9 Å². The quantitative estimate of drug-likeness (QED) is 0.745. The van der Waals surface area contributed by atoms with E-state index in [4.69, 9.17) is 0 Å². The molecule has 0 radical (unpaired) electrons. The lowest BCUT2D eigenvalue weighted by Gasteiger charge is -2.10. The van der Waals surface area contributed by atoms with Gasteiger partial charge in [-0.2, -0.15) is 13.2 Å². The van der Waals surface area contributed by atoms with Gasteiger partial charge >= 0.3 is 6.18 Å². The molecule has 0 spiro atoms. The summed E-state index contributed by atoms with van der Waals surface area (Å²) < 4.78 is 38.7. The van der Waals surface area contributed by atoms with Crippen LogP contribution in [-0.2, 0) is 12.7 Å². The number of aryl methyl sites for hydroxylation is 1. The van der Waals surface area contributed by atoms with E-state index in [9.17, 15) is 13.2 Å². The zero-order valence-corrected chi connectivity index (χ0v) is 8.26. The Morgan fingerprint density at radius 2 is 1.93 bits per heavy atom. The molecule has 0 fully saturated rings. The molecule has 0 aliphatic rings. The van der Waals surface area contributed by atoms with Gasteiger partial charge in [-0.3, -0.25) is 0 Å². The first-order chi connectivity index (χ1) is 6.38. The lowest BCUT2D eigenvalue weighted by Crippen LogP contribution is -2.16. The molecule has 80 valence electrons. The predicted molar refractivity (Wildman–Crippen MR) is 44.8 cm³/mol. The van der Waals surface area contributed by atoms with Crippen LogP contribution in [0.15, 0.2) is 0 Å². The van der Waals surface area contributed by atoms with E-state index in [0.29, 0.717) is 0 Å². The first-order valence-corrected chi connectivity index (χ1v) is 4.38. The fraction of sp³-hybridized carbons (Fsp3) is 0.750. The standard InChI is InChI=1S/C8H12F3N3/c1-4-14-7(8(9,10)11)6(5(2)3)12-13-14/h5H,4H2,1-3H3. The lowest BCUT2D eigenvalue weighted by molar-refractivity contribution is -0.144. The summed E-state index contributed by atoms with van der Waals surface area (Å²) in [6.45, 7) is 5.11. The zero-order valence-electron chi connectivity index (χ0n) is 8.26. The van der Waals surface area contributed by atoms with Gasteiger partial charge in [0, 0.05) is 6.54 Å². The van der Waals surface area contributed by atoms with Crippen molar-refractivity contribution in [1.82, 2.24) is 15.0 Å². The molecule has 0 amide bonds. The van der Waals surface area contributed by atoms with E-state index in [0.717, 1.165) is 4.68 Å². The molecule has 0 N–H and O–H groups in total. The number of nitrogens with zero attached hydrogens (tertiary/aromatic N) is 3. The van der Waals surface area contributed by atoms with E-state index in [1.54, 1.807) is 20.8 Å². The van der Waals surface area contributed by atoms with Gasteiger partial charge < -0.3 is 0 Å². The van der Waals surface area contributed by atoms with Gasteiger partial charge in [-0.25, -0.2) is 4.68 Å². The molecule has 3 nitrogen and oxygen atoms in total. The maximum absolute atomic E-state index is 12.6. The minimum atomic E-state index is -4.38. The first-order valence-electron chi connectivity index (χ1n) is 4.38. The van der Waals surface area contributed by atoms with Crippen LogP contribution >= 0.6 is 0 Å². The highest BCUT2D eigenvalue weighted by Crippen LogP contribution is 2.33. The maximum Gasteiger partial charge on any atom is 0.434 e. The van der Waals surface area contributed by atoms with Crippen molar-refractivity contribution in [3.05, 3.63) is 11.4 Å². The first kappa shape index (κ1) is 11.0. The topological polar surface area (TPSA) is 30.7 Å². The minimum Gasteiger partial charge on any atom is -0.240 e. The number of rotatable bonds is 2. The second-order valence-electron chi connectivity index (χ2n) is 3.29. The highest BCUT2D eigenvalue weighted by Gasteiger charge is 2.39. The summed E-state index contributed by atoms with van der Waals surface area (Å²) in [5.41, 5.74) is -0.714. The molecule has 0 unspecified atom stereocenters. The van der Waals surface area contributed by atoms with Crippen LogP contribution in [-0.4, -0.2) is 15.0 Å². The second kappa shape index (κ2) is 3.59. The van der Waals surface area contributed by atoms with Crippen LogP contribution in [0.3, 0.4) is 0 Å². The summed E-state index contributed by atoms with van der Waals surface area (Å²) >= 11 is 0. The summed E-state index contributed by atoms with van der Waals surface area (Å²) in [6.07, 6.45) is -4.38. The number of aromatic nitrogens is 3. The highest BCUT2D eigenvalue weighted by molar-refractivity contribution is 5.17. The van der Waals surface area contributed by atoms with Crippen molar-refractivity contribution in [2.45, 2.75) is 39.4 Å². The van der Waals surface area contributed by atoms with Crippen molar-refractivity contribution in [3.63, 3.8) is 0 Å². The van der Waals surface area contributed by atoms with Crippen molar-refractivity contribution < 1.29 is 13.2 Å². The molecular weight excluding hydrogens is 195 g/mol. The second-order valence-corrected chi connectivity index (χ2v) is 3.29. The summed E-state index contributed by atoms with van der Waals surface area (Å²) in [5.74, 6) is -0.271. The van der Waals surface area contributed by atoms with Gasteiger partial charge in [0.1, 0.15) is 0 Å². The normalized spacial score (nSPS) is 12.5. The molecule has 0 aliphatic carbocycles. The molecule has 0 saturated heterocycles. The van der Waals surface area contributed by atoms with Crippen LogP contribution in [0.5, 0.6) is 0 Å². The van der Waals surface area contributed by atoms with E-state index in [1.165, 1.54) is 0 Å². The molecule has 14 heavy (non-hydrogen) atoms. The largest absolute Gasteiger partial charge is 0.434 e. The van der Waals surface area contributed by atoms with E-state index >= 15 is 0 Å². The Kier molecular flexibility index (Phi) is 2.82. The minimum absolute atomic E-state index is 0.0133. The Bertz CT molecular complexity index is 314. The monoisotopic (exact) mass is 207 g/mol. The third kappa shape index (κ3) is 1.88. The average Bonchev–Trinajstić information content (AvgIpc) is 2.45. The molecule has 1 aromatic rings. The van der Waals surface area contributed by atoms with Crippen molar-refractivity contribution >= 4 is 0 Å². The van der Waals surface area contributed by atoms with Crippen LogP contribution in [0.4, 0.5) is 13.2 Å². The van der Waals surface area contributed by atoms with Crippen LogP contribution in [0.2, 0.25) is 0 Å². The fourth-order valence-corrected chi connectivity index (χ4v) is 1.23. The van der Waals surface area contributed by atoms with Gasteiger partial charge in [-0.1, -0.05) is 19.1 Å². The molecule has 0 atom stereocenters. The van der Waals surface area contributed by atoms with Gasteiger partial charge in [0.15, 0.2) is 5.69 Å². The number of halogens is 3.